The molecule has 0 aliphatic carbocycles. The van der Waals surface area contributed by atoms with E-state index < -0.39 is 0 Å². The number of nitrogens with zero attached hydrogens (tertiary/aromatic N) is 2. The van der Waals surface area contributed by atoms with Crippen LogP contribution >= 0.6 is 0 Å². The van der Waals surface area contributed by atoms with Crippen LogP contribution < -0.4 is 16.4 Å². The van der Waals surface area contributed by atoms with Gasteiger partial charge in [0.25, 0.3) is 0 Å². The van der Waals surface area contributed by atoms with Crippen LogP contribution in [0.5, 0.6) is 0 Å². The molecule has 0 unspecified atom stereocenters. The molecule has 7 nitrogen and oxygen atoms in total. The zero-order valence-corrected chi connectivity index (χ0v) is 11.0. The summed E-state index contributed by atoms with van der Waals surface area (Å²) in [6.07, 6.45) is 3.06. The van der Waals surface area contributed by atoms with Gasteiger partial charge in [0.05, 0.1) is 11.9 Å². The van der Waals surface area contributed by atoms with Gasteiger partial charge >= 0.3 is 0 Å². The summed E-state index contributed by atoms with van der Waals surface area (Å²) < 4.78 is 1.45. The Labute approximate surface area is 115 Å². The first-order valence-electron chi connectivity index (χ1n) is 5.98. The van der Waals surface area contributed by atoms with Crippen molar-refractivity contribution in [2.45, 2.75) is 13.5 Å². The Morgan fingerprint density at radius 2 is 1.80 bits per heavy atom. The highest BCUT2D eigenvalue weighted by Gasteiger charge is 2.05. The standard InChI is InChI=1S/C13H15N5O2/c1-9(19)16-11-2-4-12(5-3-11)17-13(20)8-18-7-10(14)6-15-18/h2-7H,8,14H2,1H3,(H,16,19)(H,17,20). The highest BCUT2D eigenvalue weighted by atomic mass is 16.2. The number of rotatable bonds is 4. The highest BCUT2D eigenvalue weighted by molar-refractivity contribution is 5.92. The largest absolute Gasteiger partial charge is 0.396 e. The molecule has 104 valence electrons. The van der Waals surface area contributed by atoms with Gasteiger partial charge in [-0.1, -0.05) is 0 Å². The van der Waals surface area contributed by atoms with Gasteiger partial charge in [0, 0.05) is 24.5 Å². The summed E-state index contributed by atoms with van der Waals surface area (Å²) in [6.45, 7) is 1.52. The molecule has 2 aromatic rings. The Morgan fingerprint density at radius 1 is 1.20 bits per heavy atom. The lowest BCUT2D eigenvalue weighted by molar-refractivity contribution is -0.117. The summed E-state index contributed by atoms with van der Waals surface area (Å²) in [4.78, 5) is 22.7. The second-order valence-electron chi connectivity index (χ2n) is 4.28. The van der Waals surface area contributed by atoms with Crippen LogP contribution in [0.1, 0.15) is 6.92 Å². The summed E-state index contributed by atoms with van der Waals surface area (Å²) in [5, 5.41) is 9.30. The maximum atomic E-state index is 11.8. The van der Waals surface area contributed by atoms with Crippen LogP contribution in [-0.4, -0.2) is 21.6 Å². The fourth-order valence-corrected chi connectivity index (χ4v) is 1.65. The quantitative estimate of drug-likeness (QED) is 0.775. The van der Waals surface area contributed by atoms with Crippen molar-refractivity contribution in [3.63, 3.8) is 0 Å². The van der Waals surface area contributed by atoms with Crippen molar-refractivity contribution in [1.82, 2.24) is 9.78 Å². The number of aromatic nitrogens is 2. The number of carbonyl (C=O) groups excluding carboxylic acids is 2. The third-order valence-corrected chi connectivity index (χ3v) is 2.45. The van der Waals surface area contributed by atoms with Gasteiger partial charge in [0.15, 0.2) is 0 Å². The lowest BCUT2D eigenvalue weighted by Crippen LogP contribution is -2.19. The van der Waals surface area contributed by atoms with Crippen molar-refractivity contribution in [2.75, 3.05) is 16.4 Å². The number of carbonyl (C=O) groups is 2. The Hall–Kier alpha value is -2.83. The van der Waals surface area contributed by atoms with E-state index in [1.54, 1.807) is 30.5 Å². The molecule has 0 bridgehead atoms. The van der Waals surface area contributed by atoms with E-state index in [0.29, 0.717) is 17.1 Å². The first kappa shape index (κ1) is 13.6. The molecule has 0 saturated heterocycles. The minimum atomic E-state index is -0.208. The molecule has 0 spiro atoms. The molecule has 0 radical (unpaired) electrons. The smallest absolute Gasteiger partial charge is 0.246 e. The Kier molecular flexibility index (Phi) is 3.99. The molecule has 4 N–H and O–H groups in total. The van der Waals surface area contributed by atoms with Crippen molar-refractivity contribution in [2.24, 2.45) is 0 Å². The monoisotopic (exact) mass is 273 g/mol. The van der Waals surface area contributed by atoms with Crippen LogP contribution in [0.15, 0.2) is 36.7 Å². The molecule has 0 atom stereocenters. The molecule has 0 aliphatic rings. The van der Waals surface area contributed by atoms with E-state index in [1.165, 1.54) is 17.8 Å². The highest BCUT2D eigenvalue weighted by Crippen LogP contribution is 2.13. The zero-order valence-electron chi connectivity index (χ0n) is 11.0. The van der Waals surface area contributed by atoms with E-state index in [4.69, 9.17) is 5.73 Å². The maximum absolute atomic E-state index is 11.8. The van der Waals surface area contributed by atoms with Crippen molar-refractivity contribution in [3.8, 4) is 0 Å². The lowest BCUT2D eigenvalue weighted by Gasteiger charge is -2.07. The number of nitrogens with two attached hydrogens (primary N) is 1. The minimum absolute atomic E-state index is 0.0879. The number of anilines is 3. The fourth-order valence-electron chi connectivity index (χ4n) is 1.65. The molecule has 1 aromatic heterocycles. The Morgan fingerprint density at radius 3 is 2.30 bits per heavy atom. The molecule has 0 saturated carbocycles. The third-order valence-electron chi connectivity index (χ3n) is 2.45. The number of hydrogen-bond donors (Lipinski definition) is 3. The summed E-state index contributed by atoms with van der Waals surface area (Å²) in [6, 6.07) is 6.84. The van der Waals surface area contributed by atoms with E-state index in [0.717, 1.165) is 0 Å². The van der Waals surface area contributed by atoms with Crippen LogP contribution in [0.2, 0.25) is 0 Å². The van der Waals surface area contributed by atoms with Gasteiger partial charge < -0.3 is 16.4 Å². The molecule has 1 heterocycles. The van der Waals surface area contributed by atoms with Gasteiger partial charge in [-0.2, -0.15) is 5.10 Å². The van der Waals surface area contributed by atoms with Gasteiger partial charge in [-0.3, -0.25) is 14.3 Å². The SMILES string of the molecule is CC(=O)Nc1ccc(NC(=O)Cn2cc(N)cn2)cc1. The topological polar surface area (TPSA) is 102 Å². The summed E-state index contributed by atoms with van der Waals surface area (Å²) in [7, 11) is 0. The predicted molar refractivity (Wildman–Crippen MR) is 76.0 cm³/mol. The summed E-state index contributed by atoms with van der Waals surface area (Å²) in [5.41, 5.74) is 7.34. The van der Waals surface area contributed by atoms with Crippen molar-refractivity contribution in [1.29, 1.82) is 0 Å². The van der Waals surface area contributed by atoms with Crippen LogP contribution in [0, 0.1) is 0 Å². The maximum Gasteiger partial charge on any atom is 0.246 e. The Balaban J connectivity index is 1.92. The van der Waals surface area contributed by atoms with Crippen LogP contribution in [0.3, 0.4) is 0 Å². The number of benzene rings is 1. The van der Waals surface area contributed by atoms with Gasteiger partial charge in [0.1, 0.15) is 6.54 Å². The Bertz CT molecular complexity index is 618. The summed E-state index contributed by atoms with van der Waals surface area (Å²) >= 11 is 0. The van der Waals surface area contributed by atoms with Crippen LogP contribution in [-0.2, 0) is 16.1 Å². The molecule has 2 amide bonds. The van der Waals surface area contributed by atoms with E-state index >= 15 is 0 Å². The zero-order chi connectivity index (χ0) is 14.5. The van der Waals surface area contributed by atoms with Crippen LogP contribution in [0.4, 0.5) is 17.1 Å². The molecule has 7 heteroatoms. The molecular formula is C13H15N5O2. The average molecular weight is 273 g/mol. The van der Waals surface area contributed by atoms with E-state index in [9.17, 15) is 9.59 Å². The summed E-state index contributed by atoms with van der Waals surface area (Å²) in [5.74, 6) is -0.349. The molecule has 0 fully saturated rings. The fraction of sp³-hybridized carbons (Fsp3) is 0.154. The third kappa shape index (κ3) is 3.84. The molecule has 0 aliphatic heterocycles. The first-order chi connectivity index (χ1) is 9.52. The van der Waals surface area contributed by atoms with Crippen molar-refractivity contribution < 1.29 is 9.59 Å². The van der Waals surface area contributed by atoms with Gasteiger partial charge in [-0.25, -0.2) is 0 Å². The lowest BCUT2D eigenvalue weighted by atomic mass is 10.2. The second-order valence-corrected chi connectivity index (χ2v) is 4.28. The first-order valence-corrected chi connectivity index (χ1v) is 5.98. The van der Waals surface area contributed by atoms with Gasteiger partial charge in [-0.15, -0.1) is 0 Å². The molecule has 20 heavy (non-hydrogen) atoms. The average Bonchev–Trinajstić information content (AvgIpc) is 2.76. The van der Waals surface area contributed by atoms with E-state index in [1.807, 2.05) is 0 Å². The van der Waals surface area contributed by atoms with E-state index in [2.05, 4.69) is 15.7 Å². The number of hydrogen-bond acceptors (Lipinski definition) is 4. The van der Waals surface area contributed by atoms with Crippen molar-refractivity contribution >= 4 is 28.9 Å². The van der Waals surface area contributed by atoms with Gasteiger partial charge in [0.2, 0.25) is 11.8 Å². The minimum Gasteiger partial charge on any atom is -0.396 e. The molecule has 2 rings (SSSR count). The number of nitrogens with one attached hydrogen (secondary N) is 2. The van der Waals surface area contributed by atoms with Crippen LogP contribution in [0.25, 0.3) is 0 Å². The van der Waals surface area contributed by atoms with Crippen molar-refractivity contribution in [3.05, 3.63) is 36.7 Å². The number of amides is 2. The number of nitrogen functional groups attached to an aromatic ring is 1. The van der Waals surface area contributed by atoms with E-state index in [-0.39, 0.29) is 18.4 Å². The predicted octanol–water partition coefficient (Wildman–Crippen LogP) is 1.06. The second kappa shape index (κ2) is 5.87. The molecular weight excluding hydrogens is 258 g/mol. The molecule has 1 aromatic carbocycles. The van der Waals surface area contributed by atoms with Gasteiger partial charge in [-0.05, 0) is 24.3 Å². The normalized spacial score (nSPS) is 10.1.